The van der Waals surface area contributed by atoms with Gasteiger partial charge in [-0.3, -0.25) is 14.8 Å². The molecule has 1 amide bonds. The molecule has 6 nitrogen and oxygen atoms in total. The topological polar surface area (TPSA) is 76.0 Å². The number of nitrogens with one attached hydrogen (secondary N) is 1. The molecule has 1 atom stereocenters. The smallest absolute Gasteiger partial charge is 0.230 e. The van der Waals surface area contributed by atoms with Gasteiger partial charge in [-0.1, -0.05) is 0 Å². The molecule has 106 valence electrons. The van der Waals surface area contributed by atoms with Crippen LogP contribution in [0.1, 0.15) is 30.0 Å². The van der Waals surface area contributed by atoms with Crippen LogP contribution in [0.3, 0.4) is 0 Å². The SMILES string of the molecule is N#CCN1CCN(C(=O)[C@@H]2CCCc3[nH]ncc32)CC1. The van der Waals surface area contributed by atoms with Crippen LogP contribution in [0.2, 0.25) is 0 Å². The van der Waals surface area contributed by atoms with Crippen LogP contribution in [0, 0.1) is 11.3 Å². The van der Waals surface area contributed by atoms with Gasteiger partial charge in [0.15, 0.2) is 0 Å². The van der Waals surface area contributed by atoms with Crippen molar-refractivity contribution >= 4 is 5.91 Å². The first kappa shape index (κ1) is 13.1. The Labute approximate surface area is 118 Å². The number of aromatic nitrogens is 2. The fourth-order valence-electron chi connectivity index (χ4n) is 3.16. The third kappa shape index (κ3) is 2.41. The molecular weight excluding hydrogens is 254 g/mol. The van der Waals surface area contributed by atoms with Gasteiger partial charge >= 0.3 is 0 Å². The van der Waals surface area contributed by atoms with E-state index in [1.165, 1.54) is 0 Å². The molecular formula is C14H19N5O. The first-order valence-corrected chi connectivity index (χ1v) is 7.20. The van der Waals surface area contributed by atoms with E-state index in [2.05, 4.69) is 21.2 Å². The average Bonchev–Trinajstić information content (AvgIpc) is 2.96. The van der Waals surface area contributed by atoms with Crippen molar-refractivity contribution in [3.8, 4) is 6.07 Å². The Morgan fingerprint density at radius 2 is 2.25 bits per heavy atom. The second-order valence-electron chi connectivity index (χ2n) is 5.51. The largest absolute Gasteiger partial charge is 0.340 e. The maximum atomic E-state index is 12.7. The zero-order valence-corrected chi connectivity index (χ0v) is 11.5. The molecule has 0 radical (unpaired) electrons. The van der Waals surface area contributed by atoms with Gasteiger partial charge in [0.1, 0.15) is 0 Å². The summed E-state index contributed by atoms with van der Waals surface area (Å²) in [5.41, 5.74) is 2.21. The lowest BCUT2D eigenvalue weighted by Gasteiger charge is -2.36. The molecule has 0 bridgehead atoms. The molecule has 1 fully saturated rings. The number of carbonyl (C=O) groups is 1. The lowest BCUT2D eigenvalue weighted by atomic mass is 9.86. The summed E-state index contributed by atoms with van der Waals surface area (Å²) in [6.07, 6.45) is 4.77. The fourth-order valence-corrected chi connectivity index (χ4v) is 3.16. The van der Waals surface area contributed by atoms with E-state index in [1.54, 1.807) is 0 Å². The number of aromatic amines is 1. The van der Waals surface area contributed by atoms with Gasteiger partial charge in [-0.05, 0) is 19.3 Å². The van der Waals surface area contributed by atoms with Crippen molar-refractivity contribution < 1.29 is 4.79 Å². The number of hydrogen-bond donors (Lipinski definition) is 1. The average molecular weight is 273 g/mol. The molecule has 1 N–H and O–H groups in total. The van der Waals surface area contributed by atoms with E-state index < -0.39 is 0 Å². The number of hydrogen-bond acceptors (Lipinski definition) is 4. The summed E-state index contributed by atoms with van der Waals surface area (Å²) in [6, 6.07) is 2.16. The Morgan fingerprint density at radius 1 is 1.45 bits per heavy atom. The lowest BCUT2D eigenvalue weighted by molar-refractivity contribution is -0.134. The molecule has 0 spiro atoms. The van der Waals surface area contributed by atoms with Gasteiger partial charge in [-0.15, -0.1) is 0 Å². The molecule has 3 rings (SSSR count). The van der Waals surface area contributed by atoms with Crippen molar-refractivity contribution in [2.45, 2.75) is 25.2 Å². The molecule has 0 aromatic carbocycles. The highest BCUT2D eigenvalue weighted by Crippen LogP contribution is 2.31. The molecule has 2 aliphatic rings. The molecule has 0 saturated carbocycles. The number of amides is 1. The van der Waals surface area contributed by atoms with E-state index in [0.717, 1.165) is 56.7 Å². The number of aryl methyl sites for hydroxylation is 1. The van der Waals surface area contributed by atoms with Crippen LogP contribution in [0.25, 0.3) is 0 Å². The molecule has 1 saturated heterocycles. The highest BCUT2D eigenvalue weighted by atomic mass is 16.2. The van der Waals surface area contributed by atoms with E-state index in [4.69, 9.17) is 5.26 Å². The van der Waals surface area contributed by atoms with E-state index in [9.17, 15) is 4.79 Å². The highest BCUT2D eigenvalue weighted by molar-refractivity contribution is 5.84. The maximum absolute atomic E-state index is 12.7. The predicted octanol–water partition coefficient (Wildman–Crippen LogP) is 0.497. The highest BCUT2D eigenvalue weighted by Gasteiger charge is 2.32. The number of nitrogens with zero attached hydrogens (tertiary/aromatic N) is 4. The number of H-pyrrole nitrogens is 1. The summed E-state index contributed by atoms with van der Waals surface area (Å²) in [5.74, 6) is 0.198. The van der Waals surface area contributed by atoms with E-state index in [0.29, 0.717) is 6.54 Å². The van der Waals surface area contributed by atoms with Gasteiger partial charge in [0.05, 0.1) is 24.7 Å². The van der Waals surface area contributed by atoms with Crippen molar-refractivity contribution in [1.82, 2.24) is 20.0 Å². The zero-order valence-electron chi connectivity index (χ0n) is 11.5. The number of carbonyl (C=O) groups excluding carboxylic acids is 1. The van der Waals surface area contributed by atoms with Crippen molar-refractivity contribution in [1.29, 1.82) is 5.26 Å². The minimum atomic E-state index is -0.0278. The third-order valence-electron chi connectivity index (χ3n) is 4.32. The Kier molecular flexibility index (Phi) is 3.70. The standard InChI is InChI=1S/C14H19N5O/c15-4-5-18-6-8-19(9-7-18)14(20)11-2-1-3-13-12(11)10-16-17-13/h10-11H,1-3,5-9H2,(H,16,17)/t11-/m1/s1. The van der Waals surface area contributed by atoms with Crippen LogP contribution >= 0.6 is 0 Å². The van der Waals surface area contributed by atoms with Crippen LogP contribution < -0.4 is 0 Å². The summed E-state index contributed by atoms with van der Waals surface area (Å²) in [5, 5.41) is 15.8. The second-order valence-corrected chi connectivity index (χ2v) is 5.51. The molecule has 20 heavy (non-hydrogen) atoms. The van der Waals surface area contributed by atoms with Gasteiger partial charge in [0.25, 0.3) is 0 Å². The molecule has 1 aliphatic heterocycles. The quantitative estimate of drug-likeness (QED) is 0.796. The van der Waals surface area contributed by atoms with Crippen LogP contribution in [0.4, 0.5) is 0 Å². The maximum Gasteiger partial charge on any atom is 0.230 e. The van der Waals surface area contributed by atoms with Gasteiger partial charge in [-0.2, -0.15) is 10.4 Å². The minimum Gasteiger partial charge on any atom is -0.340 e. The first-order chi connectivity index (χ1) is 9.79. The van der Waals surface area contributed by atoms with Crippen molar-refractivity contribution in [3.05, 3.63) is 17.5 Å². The van der Waals surface area contributed by atoms with Gasteiger partial charge in [0, 0.05) is 37.4 Å². The predicted molar refractivity (Wildman–Crippen MR) is 72.9 cm³/mol. The Balaban J connectivity index is 1.65. The minimum absolute atomic E-state index is 0.0278. The normalized spacial score (nSPS) is 23.1. The van der Waals surface area contributed by atoms with Crippen molar-refractivity contribution in [3.63, 3.8) is 0 Å². The van der Waals surface area contributed by atoms with Crippen LogP contribution in [0.15, 0.2) is 6.20 Å². The number of piperazine rings is 1. The molecule has 1 aromatic heterocycles. The number of rotatable bonds is 2. The van der Waals surface area contributed by atoms with E-state index >= 15 is 0 Å². The van der Waals surface area contributed by atoms with Crippen LogP contribution in [-0.4, -0.2) is 58.6 Å². The second kappa shape index (κ2) is 5.63. The summed E-state index contributed by atoms with van der Waals surface area (Å²) in [4.78, 5) is 16.7. The first-order valence-electron chi connectivity index (χ1n) is 7.20. The summed E-state index contributed by atoms with van der Waals surface area (Å²) in [6.45, 7) is 3.50. The van der Waals surface area contributed by atoms with Crippen LogP contribution in [-0.2, 0) is 11.2 Å². The summed E-state index contributed by atoms with van der Waals surface area (Å²) >= 11 is 0. The molecule has 2 heterocycles. The number of nitriles is 1. The Morgan fingerprint density at radius 3 is 3.00 bits per heavy atom. The van der Waals surface area contributed by atoms with Crippen molar-refractivity contribution in [2.75, 3.05) is 32.7 Å². The van der Waals surface area contributed by atoms with E-state index in [1.807, 2.05) is 11.1 Å². The lowest BCUT2D eigenvalue weighted by Crippen LogP contribution is -2.50. The van der Waals surface area contributed by atoms with E-state index in [-0.39, 0.29) is 11.8 Å². The van der Waals surface area contributed by atoms with Gasteiger partial charge in [0.2, 0.25) is 5.91 Å². The summed E-state index contributed by atoms with van der Waals surface area (Å²) in [7, 11) is 0. The molecule has 6 heteroatoms. The van der Waals surface area contributed by atoms with Crippen LogP contribution in [0.5, 0.6) is 0 Å². The molecule has 0 unspecified atom stereocenters. The zero-order chi connectivity index (χ0) is 13.9. The van der Waals surface area contributed by atoms with Crippen molar-refractivity contribution in [2.24, 2.45) is 0 Å². The third-order valence-corrected chi connectivity index (χ3v) is 4.32. The Bertz CT molecular complexity index is 524. The summed E-state index contributed by atoms with van der Waals surface area (Å²) < 4.78 is 0. The molecule has 1 aromatic rings. The molecule has 1 aliphatic carbocycles. The van der Waals surface area contributed by atoms with Gasteiger partial charge in [-0.25, -0.2) is 0 Å². The van der Waals surface area contributed by atoms with Gasteiger partial charge < -0.3 is 4.90 Å². The number of fused-ring (bicyclic) bond motifs is 1. The fraction of sp³-hybridized carbons (Fsp3) is 0.643. The Hall–Kier alpha value is -1.87. The monoisotopic (exact) mass is 273 g/mol.